The molecule has 0 bridgehead atoms. The summed E-state index contributed by atoms with van der Waals surface area (Å²) in [4.78, 5) is 2.28. The van der Waals surface area contributed by atoms with E-state index in [2.05, 4.69) is 18.7 Å². The maximum absolute atomic E-state index is 9.47. The first-order chi connectivity index (χ1) is 5.65. The fourth-order valence-electron chi connectivity index (χ4n) is 1.65. The third kappa shape index (κ3) is 2.19. The SMILES string of the molecule is COC(C)CN1CC[C@@H](O)[C@@H]1C. The predicted molar refractivity (Wildman–Crippen MR) is 48.1 cm³/mol. The van der Waals surface area contributed by atoms with E-state index in [1.165, 1.54) is 0 Å². The average Bonchev–Trinajstić information content (AvgIpc) is 2.36. The van der Waals surface area contributed by atoms with Gasteiger partial charge >= 0.3 is 0 Å². The number of hydrogen-bond acceptors (Lipinski definition) is 3. The molecular formula is C9H19NO2. The van der Waals surface area contributed by atoms with Crippen LogP contribution in [0.3, 0.4) is 0 Å². The Morgan fingerprint density at radius 3 is 2.75 bits per heavy atom. The molecule has 3 nitrogen and oxygen atoms in total. The number of rotatable bonds is 3. The van der Waals surface area contributed by atoms with E-state index < -0.39 is 0 Å². The van der Waals surface area contributed by atoms with Gasteiger partial charge in [-0.15, -0.1) is 0 Å². The van der Waals surface area contributed by atoms with Crippen molar-refractivity contribution in [1.29, 1.82) is 0 Å². The van der Waals surface area contributed by atoms with Gasteiger partial charge < -0.3 is 9.84 Å². The molecule has 12 heavy (non-hydrogen) atoms. The normalized spacial score (nSPS) is 34.0. The van der Waals surface area contributed by atoms with Crippen LogP contribution in [0.4, 0.5) is 0 Å². The first-order valence-corrected chi connectivity index (χ1v) is 4.60. The van der Waals surface area contributed by atoms with Gasteiger partial charge in [0.05, 0.1) is 12.2 Å². The predicted octanol–water partition coefficient (Wildman–Crippen LogP) is 0.476. The molecule has 3 heteroatoms. The number of methoxy groups -OCH3 is 1. The van der Waals surface area contributed by atoms with Crippen LogP contribution in [-0.4, -0.2) is 48.5 Å². The summed E-state index contributed by atoms with van der Waals surface area (Å²) < 4.78 is 5.17. The van der Waals surface area contributed by atoms with Gasteiger partial charge in [-0.2, -0.15) is 0 Å². The molecular weight excluding hydrogens is 154 g/mol. The first kappa shape index (κ1) is 9.96. The summed E-state index contributed by atoms with van der Waals surface area (Å²) in [5.74, 6) is 0. The maximum Gasteiger partial charge on any atom is 0.0704 e. The molecule has 0 saturated carbocycles. The fraction of sp³-hybridized carbons (Fsp3) is 1.00. The quantitative estimate of drug-likeness (QED) is 0.673. The lowest BCUT2D eigenvalue weighted by atomic mass is 10.2. The molecule has 0 radical (unpaired) electrons. The van der Waals surface area contributed by atoms with Gasteiger partial charge in [0.15, 0.2) is 0 Å². The zero-order chi connectivity index (χ0) is 9.14. The van der Waals surface area contributed by atoms with Gasteiger partial charge in [-0.25, -0.2) is 0 Å². The lowest BCUT2D eigenvalue weighted by Gasteiger charge is -2.24. The van der Waals surface area contributed by atoms with E-state index in [9.17, 15) is 5.11 Å². The third-order valence-electron chi connectivity index (χ3n) is 2.74. The summed E-state index contributed by atoms with van der Waals surface area (Å²) >= 11 is 0. The maximum atomic E-state index is 9.47. The number of hydrogen-bond donors (Lipinski definition) is 1. The molecule has 0 spiro atoms. The summed E-state index contributed by atoms with van der Waals surface area (Å²) in [6.07, 6.45) is 1.02. The molecule has 1 aliphatic heterocycles. The van der Waals surface area contributed by atoms with Crippen LogP contribution in [0.2, 0.25) is 0 Å². The van der Waals surface area contributed by atoms with Gasteiger partial charge in [0.1, 0.15) is 0 Å². The van der Waals surface area contributed by atoms with E-state index in [1.54, 1.807) is 7.11 Å². The molecule has 3 atom stereocenters. The third-order valence-corrected chi connectivity index (χ3v) is 2.74. The minimum absolute atomic E-state index is 0.144. The number of aliphatic hydroxyl groups is 1. The summed E-state index contributed by atoms with van der Waals surface area (Å²) in [5, 5.41) is 9.47. The van der Waals surface area contributed by atoms with Crippen LogP contribution in [0.1, 0.15) is 20.3 Å². The molecule has 1 N–H and O–H groups in total. The van der Waals surface area contributed by atoms with Gasteiger partial charge in [0.25, 0.3) is 0 Å². The van der Waals surface area contributed by atoms with E-state index in [1.807, 2.05) is 0 Å². The smallest absolute Gasteiger partial charge is 0.0704 e. The van der Waals surface area contributed by atoms with Gasteiger partial charge in [0, 0.05) is 26.2 Å². The molecule has 1 saturated heterocycles. The Morgan fingerprint density at radius 2 is 2.33 bits per heavy atom. The van der Waals surface area contributed by atoms with Gasteiger partial charge in [-0.05, 0) is 20.3 Å². The van der Waals surface area contributed by atoms with Crippen LogP contribution in [-0.2, 0) is 4.74 Å². The Bertz CT molecular complexity index is 140. The van der Waals surface area contributed by atoms with Crippen molar-refractivity contribution in [3.63, 3.8) is 0 Å². The second-order valence-corrected chi connectivity index (χ2v) is 3.64. The monoisotopic (exact) mass is 173 g/mol. The highest BCUT2D eigenvalue weighted by atomic mass is 16.5. The number of nitrogens with zero attached hydrogens (tertiary/aromatic N) is 1. The Morgan fingerprint density at radius 1 is 1.67 bits per heavy atom. The molecule has 1 fully saturated rings. The van der Waals surface area contributed by atoms with Crippen molar-refractivity contribution < 1.29 is 9.84 Å². The van der Waals surface area contributed by atoms with Crippen molar-refractivity contribution in [1.82, 2.24) is 4.90 Å². The number of aliphatic hydroxyl groups excluding tert-OH is 1. The minimum atomic E-state index is -0.144. The second kappa shape index (κ2) is 4.21. The largest absolute Gasteiger partial charge is 0.391 e. The van der Waals surface area contributed by atoms with Crippen LogP contribution in [0.15, 0.2) is 0 Å². The van der Waals surface area contributed by atoms with Gasteiger partial charge in [-0.1, -0.05) is 0 Å². The van der Waals surface area contributed by atoms with E-state index in [0.717, 1.165) is 19.5 Å². The summed E-state index contributed by atoms with van der Waals surface area (Å²) in [6, 6.07) is 0.294. The van der Waals surface area contributed by atoms with E-state index in [4.69, 9.17) is 4.74 Å². The van der Waals surface area contributed by atoms with Crippen molar-refractivity contribution in [2.75, 3.05) is 20.2 Å². The van der Waals surface area contributed by atoms with Crippen molar-refractivity contribution in [2.24, 2.45) is 0 Å². The molecule has 1 rings (SSSR count). The highest BCUT2D eigenvalue weighted by Gasteiger charge is 2.29. The number of likely N-dealkylation sites (tertiary alicyclic amines) is 1. The van der Waals surface area contributed by atoms with Crippen molar-refractivity contribution in [3.8, 4) is 0 Å². The Hall–Kier alpha value is -0.120. The Kier molecular flexibility index (Phi) is 3.50. The van der Waals surface area contributed by atoms with Crippen molar-refractivity contribution in [3.05, 3.63) is 0 Å². The highest BCUT2D eigenvalue weighted by molar-refractivity contribution is 4.84. The summed E-state index contributed by atoms with van der Waals surface area (Å²) in [5.41, 5.74) is 0. The molecule has 72 valence electrons. The van der Waals surface area contributed by atoms with Crippen LogP contribution < -0.4 is 0 Å². The molecule has 1 aliphatic rings. The Labute approximate surface area is 74.3 Å². The lowest BCUT2D eigenvalue weighted by Crippen LogP contribution is -2.37. The van der Waals surface area contributed by atoms with Crippen LogP contribution in [0.5, 0.6) is 0 Å². The van der Waals surface area contributed by atoms with Crippen LogP contribution >= 0.6 is 0 Å². The van der Waals surface area contributed by atoms with E-state index in [0.29, 0.717) is 6.04 Å². The zero-order valence-corrected chi connectivity index (χ0v) is 8.16. The lowest BCUT2D eigenvalue weighted by molar-refractivity contribution is 0.0592. The van der Waals surface area contributed by atoms with E-state index in [-0.39, 0.29) is 12.2 Å². The van der Waals surface area contributed by atoms with Gasteiger partial charge in [-0.3, -0.25) is 4.90 Å². The second-order valence-electron chi connectivity index (χ2n) is 3.64. The molecule has 1 unspecified atom stereocenters. The average molecular weight is 173 g/mol. The standard InChI is InChI=1S/C9H19NO2/c1-7(12-3)6-10-5-4-9(11)8(10)2/h7-9,11H,4-6H2,1-3H3/t7?,8-,9+/m0/s1. The number of ether oxygens (including phenoxy) is 1. The van der Waals surface area contributed by atoms with Crippen LogP contribution in [0.25, 0.3) is 0 Å². The molecule has 1 heterocycles. The molecule has 0 aliphatic carbocycles. The summed E-state index contributed by atoms with van der Waals surface area (Å²) in [6.45, 7) is 6.04. The Balaban J connectivity index is 2.33. The summed E-state index contributed by atoms with van der Waals surface area (Å²) in [7, 11) is 1.72. The molecule has 0 aromatic heterocycles. The topological polar surface area (TPSA) is 32.7 Å². The van der Waals surface area contributed by atoms with Gasteiger partial charge in [0.2, 0.25) is 0 Å². The van der Waals surface area contributed by atoms with E-state index >= 15 is 0 Å². The molecule has 0 amide bonds. The fourth-order valence-corrected chi connectivity index (χ4v) is 1.65. The minimum Gasteiger partial charge on any atom is -0.391 e. The van der Waals surface area contributed by atoms with Crippen molar-refractivity contribution >= 4 is 0 Å². The first-order valence-electron chi connectivity index (χ1n) is 4.60. The van der Waals surface area contributed by atoms with Crippen molar-refractivity contribution in [2.45, 2.75) is 38.5 Å². The van der Waals surface area contributed by atoms with Crippen LogP contribution in [0, 0.1) is 0 Å². The molecule has 0 aromatic carbocycles. The molecule has 0 aromatic rings. The zero-order valence-electron chi connectivity index (χ0n) is 8.16. The highest BCUT2D eigenvalue weighted by Crippen LogP contribution is 2.17.